The highest BCUT2D eigenvalue weighted by atomic mass is 16.6. The van der Waals surface area contributed by atoms with Crippen LogP contribution in [0.4, 0.5) is 0 Å². The largest absolute Gasteiger partial charge is 0.462 e. The maximum Gasteiger partial charge on any atom is 0.306 e. The molecule has 438 valence electrons. The van der Waals surface area contributed by atoms with Crippen LogP contribution >= 0.6 is 0 Å². The van der Waals surface area contributed by atoms with Gasteiger partial charge in [0.2, 0.25) is 0 Å². The van der Waals surface area contributed by atoms with Crippen LogP contribution in [0, 0.1) is 0 Å². The number of unbranched alkanes of at least 4 members (excludes halogenated alkanes) is 20. The molecule has 5 heteroatoms. The summed E-state index contributed by atoms with van der Waals surface area (Å²) < 4.78 is 10.7. The zero-order valence-electron chi connectivity index (χ0n) is 50.1. The van der Waals surface area contributed by atoms with Crippen LogP contribution in [0.5, 0.6) is 0 Å². The van der Waals surface area contributed by atoms with Gasteiger partial charge in [0.05, 0.1) is 6.61 Å². The summed E-state index contributed by atoms with van der Waals surface area (Å²) in [6, 6.07) is 0. The van der Waals surface area contributed by atoms with Gasteiger partial charge in [0.15, 0.2) is 6.10 Å². The Balaban J connectivity index is 3.60. The van der Waals surface area contributed by atoms with Crippen molar-refractivity contribution in [2.75, 3.05) is 13.2 Å². The molecule has 0 aliphatic rings. The summed E-state index contributed by atoms with van der Waals surface area (Å²) in [6.07, 6.45) is 103. The van der Waals surface area contributed by atoms with E-state index in [1.54, 1.807) is 0 Å². The lowest BCUT2D eigenvalue weighted by molar-refractivity contribution is -0.161. The Morgan fingerprint density at radius 1 is 0.295 bits per heavy atom. The molecule has 0 aromatic rings. The number of rotatable bonds is 56. The average Bonchev–Trinajstić information content (AvgIpc) is 3.44. The number of ether oxygens (including phenoxy) is 2. The minimum atomic E-state index is -0.794. The van der Waals surface area contributed by atoms with E-state index >= 15 is 0 Å². The first-order chi connectivity index (χ1) is 38.6. The Kier molecular flexibility index (Phi) is 62.5. The van der Waals surface area contributed by atoms with Gasteiger partial charge in [-0.15, -0.1) is 0 Å². The van der Waals surface area contributed by atoms with Gasteiger partial charge in [-0.05, 0) is 128 Å². The van der Waals surface area contributed by atoms with E-state index in [4.69, 9.17) is 9.47 Å². The van der Waals surface area contributed by atoms with Gasteiger partial charge < -0.3 is 14.6 Å². The molecule has 0 aliphatic carbocycles. The number of aliphatic hydroxyl groups is 1. The van der Waals surface area contributed by atoms with E-state index < -0.39 is 6.10 Å². The van der Waals surface area contributed by atoms with Crippen molar-refractivity contribution in [3.63, 3.8) is 0 Å². The summed E-state index contributed by atoms with van der Waals surface area (Å²) in [6.45, 7) is 3.90. The molecule has 78 heavy (non-hydrogen) atoms. The fourth-order valence-corrected chi connectivity index (χ4v) is 8.34. The first-order valence-corrected chi connectivity index (χ1v) is 31.7. The predicted octanol–water partition coefficient (Wildman–Crippen LogP) is 22.1. The summed E-state index contributed by atoms with van der Waals surface area (Å²) in [5.74, 6) is -0.615. The topological polar surface area (TPSA) is 72.8 Å². The number of aliphatic hydroxyl groups excluding tert-OH is 1. The van der Waals surface area contributed by atoms with Gasteiger partial charge in [-0.3, -0.25) is 9.59 Å². The van der Waals surface area contributed by atoms with E-state index in [9.17, 15) is 14.7 Å². The molecule has 0 aromatic heterocycles. The fourth-order valence-electron chi connectivity index (χ4n) is 8.34. The summed E-state index contributed by atoms with van der Waals surface area (Å²) in [4.78, 5) is 24.6. The van der Waals surface area contributed by atoms with Gasteiger partial charge in [0, 0.05) is 12.8 Å². The van der Waals surface area contributed by atoms with Crippen molar-refractivity contribution in [3.8, 4) is 0 Å². The number of hydrogen-bond acceptors (Lipinski definition) is 5. The lowest BCUT2D eigenvalue weighted by Crippen LogP contribution is -2.28. The molecule has 0 fully saturated rings. The molecule has 0 radical (unpaired) electrons. The third-order valence-corrected chi connectivity index (χ3v) is 13.0. The van der Waals surface area contributed by atoms with E-state index in [0.29, 0.717) is 12.8 Å². The van der Waals surface area contributed by atoms with E-state index in [2.05, 4.69) is 184 Å². The maximum atomic E-state index is 12.3. The highest BCUT2D eigenvalue weighted by Crippen LogP contribution is 2.15. The van der Waals surface area contributed by atoms with E-state index in [1.165, 1.54) is 89.9 Å². The Labute approximate surface area is 481 Å². The second kappa shape index (κ2) is 66.5. The Bertz CT molecular complexity index is 1740. The summed E-state index contributed by atoms with van der Waals surface area (Å²) in [7, 11) is 0. The van der Waals surface area contributed by atoms with Gasteiger partial charge in [-0.1, -0.05) is 287 Å². The number of allylic oxidation sites excluding steroid dienone is 28. The van der Waals surface area contributed by atoms with Crippen molar-refractivity contribution in [2.45, 2.75) is 264 Å². The first-order valence-electron chi connectivity index (χ1n) is 31.7. The summed E-state index contributed by atoms with van der Waals surface area (Å²) in [5, 5.41) is 9.68. The van der Waals surface area contributed by atoms with E-state index in [0.717, 1.165) is 141 Å². The van der Waals surface area contributed by atoms with Crippen LogP contribution in [-0.4, -0.2) is 36.4 Å². The average molecular weight is 1070 g/mol. The SMILES string of the molecule is CC/C=C\C/C=C\C/C=C\C/C=C\C/C=C\C/C=C\C/C=C\C/C=C\C/C=C\C/C=C\CCCCCCCCC(=O)OC(CO)COC(=O)CCCCCCCCCCCCCCCC/C=C\C/C=C\C/C=C\C/C=C\CC. The monoisotopic (exact) mass is 1070 g/mol. The zero-order valence-corrected chi connectivity index (χ0v) is 50.1. The Morgan fingerprint density at radius 3 is 0.769 bits per heavy atom. The normalized spacial score (nSPS) is 13.4. The second-order valence-electron chi connectivity index (χ2n) is 20.4. The van der Waals surface area contributed by atoms with Crippen molar-refractivity contribution in [2.24, 2.45) is 0 Å². The molecule has 1 unspecified atom stereocenters. The maximum absolute atomic E-state index is 12.3. The summed E-state index contributed by atoms with van der Waals surface area (Å²) in [5.41, 5.74) is 0. The number of carbonyl (C=O) groups is 2. The van der Waals surface area contributed by atoms with Crippen molar-refractivity contribution in [1.82, 2.24) is 0 Å². The predicted molar refractivity (Wildman–Crippen MR) is 343 cm³/mol. The number of hydrogen-bond donors (Lipinski definition) is 1. The standard InChI is InChI=1S/C73H116O5/c1-3-5-7-9-11-13-15-17-19-21-23-25-27-29-31-32-33-34-35-36-37-38-39-40-42-44-46-48-50-52-54-56-58-60-62-64-66-68-73(76)78-71(69-74)70-77-72(75)67-65-63-61-59-57-55-53-51-49-47-45-43-41-30-28-26-24-22-20-18-16-14-12-10-8-6-4-2/h5-8,11-14,17-20,23-26,29,31,33-34,36-37,39-40,44,46,50,52,71,74H,3-4,9-10,15-16,21-22,27-28,30,32,35,38,41-43,45,47-49,51,53-70H2,1-2H3/b7-5-,8-6-,13-11-,14-12-,19-17-,20-18-,25-23-,26-24-,31-29-,34-33-,37-36-,40-39-,46-44-,52-50-. The second-order valence-corrected chi connectivity index (χ2v) is 20.4. The Morgan fingerprint density at radius 2 is 0.513 bits per heavy atom. The number of carbonyl (C=O) groups excluding carboxylic acids is 2. The summed E-state index contributed by atoms with van der Waals surface area (Å²) >= 11 is 0. The molecule has 0 saturated carbocycles. The van der Waals surface area contributed by atoms with Crippen LogP contribution < -0.4 is 0 Å². The minimum absolute atomic E-state index is 0.0818. The lowest BCUT2D eigenvalue weighted by Gasteiger charge is -2.15. The van der Waals surface area contributed by atoms with Crippen LogP contribution in [0.3, 0.4) is 0 Å². The third-order valence-electron chi connectivity index (χ3n) is 13.0. The molecule has 0 saturated heterocycles. The van der Waals surface area contributed by atoms with Gasteiger partial charge in [0.25, 0.3) is 0 Å². The molecule has 0 spiro atoms. The molecular weight excluding hydrogens is 957 g/mol. The van der Waals surface area contributed by atoms with Crippen molar-refractivity contribution >= 4 is 11.9 Å². The van der Waals surface area contributed by atoms with E-state index in [-0.39, 0.29) is 25.2 Å². The smallest absolute Gasteiger partial charge is 0.306 e. The van der Waals surface area contributed by atoms with Crippen molar-refractivity contribution in [3.05, 3.63) is 170 Å². The van der Waals surface area contributed by atoms with Crippen LogP contribution in [0.2, 0.25) is 0 Å². The molecule has 1 N–H and O–H groups in total. The van der Waals surface area contributed by atoms with Crippen LogP contribution in [0.25, 0.3) is 0 Å². The highest BCUT2D eigenvalue weighted by Gasteiger charge is 2.16. The molecule has 5 nitrogen and oxygen atoms in total. The van der Waals surface area contributed by atoms with Crippen LogP contribution in [0.1, 0.15) is 258 Å². The van der Waals surface area contributed by atoms with Gasteiger partial charge >= 0.3 is 11.9 Å². The first kappa shape index (κ1) is 73.3. The molecule has 0 aliphatic heterocycles. The van der Waals surface area contributed by atoms with Crippen LogP contribution in [0.15, 0.2) is 170 Å². The van der Waals surface area contributed by atoms with Gasteiger partial charge in [0.1, 0.15) is 6.61 Å². The lowest BCUT2D eigenvalue weighted by atomic mass is 10.0. The molecule has 0 aromatic carbocycles. The Hall–Kier alpha value is -4.74. The third kappa shape index (κ3) is 63.8. The van der Waals surface area contributed by atoms with Crippen molar-refractivity contribution < 1.29 is 24.2 Å². The molecule has 1 atom stereocenters. The zero-order chi connectivity index (χ0) is 56.2. The minimum Gasteiger partial charge on any atom is -0.462 e. The molecule has 0 bridgehead atoms. The van der Waals surface area contributed by atoms with Gasteiger partial charge in [-0.2, -0.15) is 0 Å². The highest BCUT2D eigenvalue weighted by molar-refractivity contribution is 5.70. The fraction of sp³-hybridized carbons (Fsp3) is 0.589. The molecule has 0 heterocycles. The molecule has 0 rings (SSSR count). The van der Waals surface area contributed by atoms with E-state index in [1.807, 2.05) is 0 Å². The quantitative estimate of drug-likeness (QED) is 0.0373. The molecular formula is C73H116O5. The van der Waals surface area contributed by atoms with Crippen LogP contribution in [-0.2, 0) is 19.1 Å². The molecule has 0 amide bonds. The number of esters is 2. The van der Waals surface area contributed by atoms with Crippen molar-refractivity contribution in [1.29, 1.82) is 0 Å². The van der Waals surface area contributed by atoms with Gasteiger partial charge in [-0.25, -0.2) is 0 Å².